The Kier molecular flexibility index (Phi) is 3.24. The van der Waals surface area contributed by atoms with Gasteiger partial charge in [-0.1, -0.05) is 47.6 Å². The summed E-state index contributed by atoms with van der Waals surface area (Å²) < 4.78 is 0. The average molecular weight is 225 g/mol. The number of nitrogens with zero attached hydrogens (tertiary/aromatic N) is 1. The van der Waals surface area contributed by atoms with Gasteiger partial charge in [0.05, 0.1) is 0 Å². The van der Waals surface area contributed by atoms with Crippen LogP contribution in [0.4, 0.5) is 0 Å². The fourth-order valence-corrected chi connectivity index (χ4v) is 1.77. The van der Waals surface area contributed by atoms with Crippen LogP contribution < -0.4 is 0 Å². The number of hydrogen-bond donors (Lipinski definition) is 1. The highest BCUT2D eigenvalue weighted by Gasteiger charge is 2.07. The molecule has 0 saturated carbocycles. The molecule has 2 aromatic rings. The van der Waals surface area contributed by atoms with Gasteiger partial charge in [0.25, 0.3) is 0 Å². The summed E-state index contributed by atoms with van der Waals surface area (Å²) in [7, 11) is 0. The van der Waals surface area contributed by atoms with E-state index in [1.165, 1.54) is 11.1 Å². The van der Waals surface area contributed by atoms with Gasteiger partial charge in [-0.15, -0.1) is 0 Å². The molecule has 2 aromatic carbocycles. The third kappa shape index (κ3) is 2.36. The van der Waals surface area contributed by atoms with Crippen LogP contribution in [0.5, 0.6) is 0 Å². The molecule has 1 N–H and O–H groups in total. The van der Waals surface area contributed by atoms with Crippen molar-refractivity contribution in [3.05, 3.63) is 70.8 Å². The molecule has 86 valence electrons. The highest BCUT2D eigenvalue weighted by atomic mass is 16.4. The third-order valence-electron chi connectivity index (χ3n) is 2.93. The molecule has 0 atom stereocenters. The molecule has 2 heteroatoms. The number of rotatable bonds is 2. The molecule has 0 saturated heterocycles. The Morgan fingerprint density at radius 2 is 1.59 bits per heavy atom. The van der Waals surface area contributed by atoms with E-state index in [9.17, 15) is 5.21 Å². The fraction of sp³-hybridized carbons (Fsp3) is 0.133. The maximum absolute atomic E-state index is 9.18. The number of benzene rings is 2. The van der Waals surface area contributed by atoms with Crippen LogP contribution in [-0.4, -0.2) is 10.9 Å². The summed E-state index contributed by atoms with van der Waals surface area (Å²) in [5.41, 5.74) is 4.88. The summed E-state index contributed by atoms with van der Waals surface area (Å²) >= 11 is 0. The van der Waals surface area contributed by atoms with Crippen molar-refractivity contribution < 1.29 is 5.21 Å². The maximum atomic E-state index is 9.18. The van der Waals surface area contributed by atoms with Crippen molar-refractivity contribution in [2.24, 2.45) is 5.16 Å². The molecule has 0 radical (unpaired) electrons. The van der Waals surface area contributed by atoms with Crippen LogP contribution in [0.25, 0.3) is 0 Å². The van der Waals surface area contributed by atoms with Crippen molar-refractivity contribution in [3.8, 4) is 0 Å². The van der Waals surface area contributed by atoms with Gasteiger partial charge in [-0.2, -0.15) is 0 Å². The van der Waals surface area contributed by atoms with Gasteiger partial charge in [0, 0.05) is 11.1 Å². The lowest BCUT2D eigenvalue weighted by atomic mass is 9.99. The Morgan fingerprint density at radius 3 is 2.18 bits per heavy atom. The van der Waals surface area contributed by atoms with Gasteiger partial charge < -0.3 is 5.21 Å². The van der Waals surface area contributed by atoms with Crippen LogP contribution in [0.3, 0.4) is 0 Å². The van der Waals surface area contributed by atoms with Gasteiger partial charge in [-0.25, -0.2) is 0 Å². The topological polar surface area (TPSA) is 32.6 Å². The minimum absolute atomic E-state index is 0.605. The Balaban J connectivity index is 2.47. The van der Waals surface area contributed by atoms with E-state index >= 15 is 0 Å². The first-order chi connectivity index (χ1) is 8.22. The molecule has 2 nitrogen and oxygen atoms in total. The molecule has 0 heterocycles. The minimum Gasteiger partial charge on any atom is -0.410 e. The minimum atomic E-state index is 0.605. The monoisotopic (exact) mass is 225 g/mol. The predicted octanol–water partition coefficient (Wildman–Crippen LogP) is 3.53. The van der Waals surface area contributed by atoms with Gasteiger partial charge in [-0.05, 0) is 31.0 Å². The summed E-state index contributed by atoms with van der Waals surface area (Å²) in [6.07, 6.45) is 0. The molecule has 17 heavy (non-hydrogen) atoms. The molecule has 0 aliphatic carbocycles. The van der Waals surface area contributed by atoms with Gasteiger partial charge in [0.1, 0.15) is 5.71 Å². The van der Waals surface area contributed by atoms with E-state index in [1.807, 2.05) is 48.5 Å². The highest BCUT2D eigenvalue weighted by molar-refractivity contribution is 6.12. The van der Waals surface area contributed by atoms with Crippen LogP contribution in [-0.2, 0) is 0 Å². The highest BCUT2D eigenvalue weighted by Crippen LogP contribution is 2.15. The Morgan fingerprint density at radius 1 is 0.882 bits per heavy atom. The van der Waals surface area contributed by atoms with E-state index in [2.05, 4.69) is 19.0 Å². The zero-order valence-corrected chi connectivity index (χ0v) is 10.0. The van der Waals surface area contributed by atoms with Gasteiger partial charge in [-0.3, -0.25) is 0 Å². The van der Waals surface area contributed by atoms with Crippen molar-refractivity contribution >= 4 is 5.71 Å². The quantitative estimate of drug-likeness (QED) is 0.473. The van der Waals surface area contributed by atoms with Crippen LogP contribution in [0, 0.1) is 13.8 Å². The molecule has 0 amide bonds. The van der Waals surface area contributed by atoms with Gasteiger partial charge in [0.2, 0.25) is 0 Å². The summed E-state index contributed by atoms with van der Waals surface area (Å²) in [5, 5.41) is 12.6. The second kappa shape index (κ2) is 4.83. The molecule has 0 bridgehead atoms. The predicted molar refractivity (Wildman–Crippen MR) is 69.8 cm³/mol. The second-order valence-corrected chi connectivity index (χ2v) is 4.11. The van der Waals surface area contributed by atoms with Crippen molar-refractivity contribution in [2.45, 2.75) is 13.8 Å². The number of hydrogen-bond acceptors (Lipinski definition) is 2. The van der Waals surface area contributed by atoms with E-state index in [4.69, 9.17) is 0 Å². The molecular weight excluding hydrogens is 210 g/mol. The van der Waals surface area contributed by atoms with Crippen molar-refractivity contribution in [3.63, 3.8) is 0 Å². The summed E-state index contributed by atoms with van der Waals surface area (Å²) in [5.74, 6) is 0. The van der Waals surface area contributed by atoms with Crippen LogP contribution in [0.2, 0.25) is 0 Å². The number of oxime groups is 1. The Bertz CT molecular complexity index is 544. The molecular formula is C15H15NO. The first-order valence-corrected chi connectivity index (χ1v) is 5.57. The summed E-state index contributed by atoms with van der Waals surface area (Å²) in [4.78, 5) is 0. The molecule has 0 unspecified atom stereocenters. The van der Waals surface area contributed by atoms with Crippen molar-refractivity contribution in [1.82, 2.24) is 0 Å². The Hall–Kier alpha value is -2.09. The van der Waals surface area contributed by atoms with Crippen LogP contribution in [0.1, 0.15) is 22.3 Å². The normalized spacial score (nSPS) is 11.5. The lowest BCUT2D eigenvalue weighted by molar-refractivity contribution is 0.319. The SMILES string of the molecule is Cc1ccc(C(=NO)c2ccccc2)cc1C. The second-order valence-electron chi connectivity index (χ2n) is 4.11. The summed E-state index contributed by atoms with van der Waals surface area (Å²) in [6, 6.07) is 15.7. The molecule has 0 aliphatic rings. The lowest BCUT2D eigenvalue weighted by Gasteiger charge is -2.07. The van der Waals surface area contributed by atoms with E-state index in [-0.39, 0.29) is 0 Å². The zero-order chi connectivity index (χ0) is 12.3. The third-order valence-corrected chi connectivity index (χ3v) is 2.93. The first-order valence-electron chi connectivity index (χ1n) is 5.57. The molecule has 0 spiro atoms. The fourth-order valence-electron chi connectivity index (χ4n) is 1.77. The lowest BCUT2D eigenvalue weighted by Crippen LogP contribution is -2.03. The van der Waals surface area contributed by atoms with Crippen LogP contribution >= 0.6 is 0 Å². The Labute approximate surface area is 101 Å². The van der Waals surface area contributed by atoms with Crippen molar-refractivity contribution in [1.29, 1.82) is 0 Å². The molecule has 2 rings (SSSR count). The van der Waals surface area contributed by atoms with Gasteiger partial charge >= 0.3 is 0 Å². The standard InChI is InChI=1S/C15H15NO/c1-11-8-9-14(10-12(11)2)15(16-17)13-6-4-3-5-7-13/h3-10,17H,1-2H3. The zero-order valence-electron chi connectivity index (χ0n) is 10.0. The van der Waals surface area contributed by atoms with E-state index in [0.717, 1.165) is 11.1 Å². The average Bonchev–Trinajstić information content (AvgIpc) is 2.36. The van der Waals surface area contributed by atoms with Crippen LogP contribution in [0.15, 0.2) is 53.7 Å². The van der Waals surface area contributed by atoms with E-state index in [1.54, 1.807) is 0 Å². The van der Waals surface area contributed by atoms with Gasteiger partial charge in [0.15, 0.2) is 0 Å². The van der Waals surface area contributed by atoms with Crippen molar-refractivity contribution in [2.75, 3.05) is 0 Å². The molecule has 0 aromatic heterocycles. The number of aryl methyl sites for hydroxylation is 2. The largest absolute Gasteiger partial charge is 0.410 e. The van der Waals surface area contributed by atoms with E-state index in [0.29, 0.717) is 5.71 Å². The maximum Gasteiger partial charge on any atom is 0.117 e. The van der Waals surface area contributed by atoms with E-state index < -0.39 is 0 Å². The smallest absolute Gasteiger partial charge is 0.117 e. The summed E-state index contributed by atoms with van der Waals surface area (Å²) in [6.45, 7) is 4.12. The first kappa shape index (κ1) is 11.4. The molecule has 0 fully saturated rings. The molecule has 0 aliphatic heterocycles.